The lowest BCUT2D eigenvalue weighted by atomic mass is 10.2. The molecule has 0 heterocycles. The molecule has 0 aliphatic carbocycles. The van der Waals surface area contributed by atoms with E-state index in [9.17, 15) is 9.59 Å². The molecule has 0 aliphatic rings. The van der Waals surface area contributed by atoms with Gasteiger partial charge in [0.05, 0.1) is 0 Å². The van der Waals surface area contributed by atoms with Crippen molar-refractivity contribution in [2.45, 2.75) is 79.1 Å². The fraction of sp³-hybridized carbons (Fsp3) is 0.667. The lowest BCUT2D eigenvalue weighted by Gasteiger charge is -1.89. The molecule has 0 saturated heterocycles. The number of allylic oxidation sites excluding steroid dienone is 4. The van der Waals surface area contributed by atoms with E-state index in [1.807, 2.05) is 12.2 Å². The first kappa shape index (κ1) is 28.7. The van der Waals surface area contributed by atoms with Crippen LogP contribution in [-0.2, 0) is 14.2 Å². The van der Waals surface area contributed by atoms with Crippen LogP contribution < -0.4 is 0 Å². The standard InChI is InChI=1S/2C9H16O.H3O4P/c2*1-3-4-5-6-7-8-9(2)10;1-5(2,3)4/h2*7-8H,3-6H2,1-2H3;(H3,1,2,3,4). The summed E-state index contributed by atoms with van der Waals surface area (Å²) in [6.45, 7) is 7.51. The molecular formula is C18H35O6P. The number of carbonyl (C=O) groups excluding carboxylic acids is 2. The number of ketones is 2. The van der Waals surface area contributed by atoms with Crippen molar-refractivity contribution in [3.05, 3.63) is 24.3 Å². The number of phosphoric acid groups is 1. The summed E-state index contributed by atoms with van der Waals surface area (Å²) in [5, 5.41) is 0. The molecule has 0 aliphatic heterocycles. The molecule has 0 atom stereocenters. The van der Waals surface area contributed by atoms with Crippen LogP contribution in [0.3, 0.4) is 0 Å². The fourth-order valence-electron chi connectivity index (χ4n) is 1.52. The number of rotatable bonds is 10. The molecule has 0 radical (unpaired) electrons. The van der Waals surface area contributed by atoms with Gasteiger partial charge >= 0.3 is 7.82 Å². The Balaban J connectivity index is -0.000000308. The minimum atomic E-state index is -4.64. The smallest absolute Gasteiger partial charge is 0.303 e. The molecular weight excluding hydrogens is 343 g/mol. The van der Waals surface area contributed by atoms with E-state index < -0.39 is 7.82 Å². The maximum atomic E-state index is 10.4. The highest BCUT2D eigenvalue weighted by Crippen LogP contribution is 2.25. The average molecular weight is 378 g/mol. The molecule has 0 fully saturated rings. The molecule has 0 rings (SSSR count). The minimum absolute atomic E-state index is 0.150. The van der Waals surface area contributed by atoms with Gasteiger partial charge in [-0.15, -0.1) is 0 Å². The van der Waals surface area contributed by atoms with Crippen LogP contribution in [-0.4, -0.2) is 26.2 Å². The highest BCUT2D eigenvalue weighted by molar-refractivity contribution is 7.45. The van der Waals surface area contributed by atoms with Gasteiger partial charge in [0.15, 0.2) is 11.6 Å². The van der Waals surface area contributed by atoms with Crippen molar-refractivity contribution in [1.29, 1.82) is 0 Å². The predicted octanol–water partition coefficient (Wildman–Crippen LogP) is 4.50. The predicted molar refractivity (Wildman–Crippen MR) is 102 cm³/mol. The summed E-state index contributed by atoms with van der Waals surface area (Å²) >= 11 is 0. The van der Waals surface area contributed by atoms with Gasteiger partial charge in [-0.3, -0.25) is 9.59 Å². The summed E-state index contributed by atoms with van der Waals surface area (Å²) in [6.07, 6.45) is 16.7. The third kappa shape index (κ3) is 60.1. The van der Waals surface area contributed by atoms with E-state index in [4.69, 9.17) is 19.2 Å². The fourth-order valence-corrected chi connectivity index (χ4v) is 1.52. The van der Waals surface area contributed by atoms with E-state index in [1.165, 1.54) is 38.5 Å². The summed E-state index contributed by atoms with van der Waals surface area (Å²) in [7, 11) is -4.64. The van der Waals surface area contributed by atoms with Gasteiger partial charge in [0.25, 0.3) is 0 Å². The second-order valence-corrected chi connectivity index (χ2v) is 6.56. The number of hydrogen-bond donors (Lipinski definition) is 3. The van der Waals surface area contributed by atoms with E-state index >= 15 is 0 Å². The Hall–Kier alpha value is -1.07. The van der Waals surface area contributed by atoms with Gasteiger partial charge in [-0.25, -0.2) is 4.57 Å². The zero-order valence-electron chi connectivity index (χ0n) is 16.0. The van der Waals surface area contributed by atoms with E-state index in [1.54, 1.807) is 26.0 Å². The first-order chi connectivity index (χ1) is 11.5. The lowest BCUT2D eigenvalue weighted by Crippen LogP contribution is -1.79. The van der Waals surface area contributed by atoms with E-state index in [0.717, 1.165) is 12.8 Å². The van der Waals surface area contributed by atoms with Crippen molar-refractivity contribution < 1.29 is 28.8 Å². The Morgan fingerprint density at radius 3 is 1.24 bits per heavy atom. The average Bonchev–Trinajstić information content (AvgIpc) is 2.45. The third-order valence-electron chi connectivity index (χ3n) is 2.65. The molecule has 0 amide bonds. The quantitative estimate of drug-likeness (QED) is 0.293. The first-order valence-corrected chi connectivity index (χ1v) is 10.2. The maximum Gasteiger partial charge on any atom is 0.466 e. The molecule has 148 valence electrons. The molecule has 0 aromatic rings. The van der Waals surface area contributed by atoms with Crippen molar-refractivity contribution >= 4 is 19.4 Å². The summed E-state index contributed by atoms with van der Waals surface area (Å²) in [5.74, 6) is 0.299. The van der Waals surface area contributed by atoms with Crippen molar-refractivity contribution in [2.75, 3.05) is 0 Å². The van der Waals surface area contributed by atoms with Gasteiger partial charge in [-0.2, -0.15) is 0 Å². The molecule has 6 nitrogen and oxygen atoms in total. The van der Waals surface area contributed by atoms with E-state index in [0.29, 0.717) is 0 Å². The zero-order chi connectivity index (χ0) is 20.1. The van der Waals surface area contributed by atoms with Crippen molar-refractivity contribution in [3.63, 3.8) is 0 Å². The van der Waals surface area contributed by atoms with Crippen molar-refractivity contribution in [2.24, 2.45) is 0 Å². The zero-order valence-corrected chi connectivity index (χ0v) is 16.9. The number of carbonyl (C=O) groups is 2. The van der Waals surface area contributed by atoms with Crippen LogP contribution in [0.15, 0.2) is 24.3 Å². The highest BCUT2D eigenvalue weighted by atomic mass is 31.2. The normalized spacial score (nSPS) is 10.8. The van der Waals surface area contributed by atoms with Gasteiger partial charge in [-0.05, 0) is 51.7 Å². The number of hydrogen-bond acceptors (Lipinski definition) is 3. The summed E-state index contributed by atoms with van der Waals surface area (Å²) in [6, 6.07) is 0. The van der Waals surface area contributed by atoms with Crippen LogP contribution >= 0.6 is 7.82 Å². The second kappa shape index (κ2) is 21.0. The van der Waals surface area contributed by atoms with Gasteiger partial charge in [0, 0.05) is 0 Å². The Kier molecular flexibility index (Phi) is 24.1. The first-order valence-electron chi connectivity index (χ1n) is 8.67. The Morgan fingerprint density at radius 2 is 1.04 bits per heavy atom. The second-order valence-electron chi connectivity index (χ2n) is 5.53. The lowest BCUT2D eigenvalue weighted by molar-refractivity contribution is -0.113. The summed E-state index contributed by atoms with van der Waals surface area (Å²) in [4.78, 5) is 42.3. The van der Waals surface area contributed by atoms with Gasteiger partial charge in [0.2, 0.25) is 0 Å². The molecule has 0 aromatic carbocycles. The summed E-state index contributed by atoms with van der Waals surface area (Å²) in [5.41, 5.74) is 0. The van der Waals surface area contributed by atoms with Crippen LogP contribution in [0.25, 0.3) is 0 Å². The largest absolute Gasteiger partial charge is 0.466 e. The molecule has 0 bridgehead atoms. The molecule has 25 heavy (non-hydrogen) atoms. The molecule has 3 N–H and O–H groups in total. The monoisotopic (exact) mass is 378 g/mol. The van der Waals surface area contributed by atoms with Gasteiger partial charge < -0.3 is 14.7 Å². The topological polar surface area (TPSA) is 112 Å². The van der Waals surface area contributed by atoms with E-state index in [-0.39, 0.29) is 11.6 Å². The van der Waals surface area contributed by atoms with E-state index in [2.05, 4.69) is 13.8 Å². The van der Waals surface area contributed by atoms with Crippen LogP contribution in [0, 0.1) is 0 Å². The van der Waals surface area contributed by atoms with Gasteiger partial charge in [-0.1, -0.05) is 51.7 Å². The van der Waals surface area contributed by atoms with Crippen LogP contribution in [0.4, 0.5) is 0 Å². The summed E-state index contributed by atoms with van der Waals surface area (Å²) < 4.78 is 8.88. The Morgan fingerprint density at radius 1 is 0.760 bits per heavy atom. The van der Waals surface area contributed by atoms with Crippen LogP contribution in [0.1, 0.15) is 79.1 Å². The van der Waals surface area contributed by atoms with Gasteiger partial charge in [0.1, 0.15) is 0 Å². The van der Waals surface area contributed by atoms with Crippen LogP contribution in [0.5, 0.6) is 0 Å². The Bertz CT molecular complexity index is 385. The third-order valence-corrected chi connectivity index (χ3v) is 2.65. The molecule has 0 spiro atoms. The molecule has 0 aromatic heterocycles. The number of unbranched alkanes of at least 4 members (excludes halogenated alkanes) is 6. The molecule has 7 heteroatoms. The molecule has 0 saturated carbocycles. The maximum absolute atomic E-state index is 10.4. The highest BCUT2D eigenvalue weighted by Gasteiger charge is 2.00. The SMILES string of the molecule is CCCCCC=CC(C)=O.CCCCCC=CC(C)=O.O=P(O)(O)O. The molecule has 0 unspecified atom stereocenters. The van der Waals surface area contributed by atoms with Crippen molar-refractivity contribution in [3.8, 4) is 0 Å². The Labute approximate surface area is 152 Å². The minimum Gasteiger partial charge on any atom is -0.303 e. The van der Waals surface area contributed by atoms with Crippen molar-refractivity contribution in [1.82, 2.24) is 0 Å². The van der Waals surface area contributed by atoms with Crippen LogP contribution in [0.2, 0.25) is 0 Å².